The summed E-state index contributed by atoms with van der Waals surface area (Å²) in [5, 5.41) is 13.7. The minimum Gasteiger partial charge on any atom is -0.433 e. The lowest BCUT2D eigenvalue weighted by Crippen LogP contribution is -2.15. The van der Waals surface area contributed by atoms with Crippen LogP contribution in [-0.2, 0) is 6.54 Å². The Labute approximate surface area is 119 Å². The molecule has 2 N–H and O–H groups in total. The van der Waals surface area contributed by atoms with Crippen molar-refractivity contribution < 1.29 is 17.9 Å². The molecule has 0 aliphatic heterocycles. The second-order valence-corrected chi connectivity index (χ2v) is 4.66. The molecule has 1 heterocycles. The zero-order valence-corrected chi connectivity index (χ0v) is 11.1. The van der Waals surface area contributed by atoms with Gasteiger partial charge in [-0.05, 0) is 25.0 Å². The second kappa shape index (κ2) is 6.04. The first-order chi connectivity index (χ1) is 10.2. The highest BCUT2D eigenvalue weighted by Crippen LogP contribution is 2.28. The molecule has 0 unspecified atom stereocenters. The van der Waals surface area contributed by atoms with Gasteiger partial charge in [-0.1, -0.05) is 17.2 Å². The van der Waals surface area contributed by atoms with Crippen LogP contribution in [0.5, 0.6) is 5.75 Å². The number of para-hydroxylation sites is 2. The molecule has 0 atom stereocenters. The lowest BCUT2D eigenvalue weighted by atomic mass is 10.3. The number of hydrogen-bond donors (Lipinski definition) is 2. The molecule has 3 rings (SSSR count). The van der Waals surface area contributed by atoms with Gasteiger partial charge >= 0.3 is 12.6 Å². The Kier molecular flexibility index (Phi) is 3.96. The third-order valence-electron chi connectivity index (χ3n) is 2.93. The monoisotopic (exact) mass is 296 g/mol. The fourth-order valence-corrected chi connectivity index (χ4v) is 1.78. The lowest BCUT2D eigenvalue weighted by molar-refractivity contribution is -0.0493. The molecule has 0 saturated heterocycles. The number of ether oxygens (including phenoxy) is 1. The van der Waals surface area contributed by atoms with Crippen molar-refractivity contribution in [1.29, 1.82) is 0 Å². The smallest absolute Gasteiger partial charge is 0.387 e. The Balaban J connectivity index is 1.65. The van der Waals surface area contributed by atoms with Crippen LogP contribution in [0.4, 0.5) is 20.5 Å². The molecule has 1 aromatic heterocycles. The van der Waals surface area contributed by atoms with E-state index in [-0.39, 0.29) is 11.8 Å². The summed E-state index contributed by atoms with van der Waals surface area (Å²) < 4.78 is 34.4. The van der Waals surface area contributed by atoms with E-state index in [9.17, 15) is 8.78 Å². The number of rotatable bonds is 7. The molecule has 1 aromatic carbocycles. The molecule has 0 amide bonds. The fraction of sp³-hybridized carbons (Fsp3) is 0.385. The molecule has 1 fully saturated rings. The Morgan fingerprint density at radius 1 is 1.29 bits per heavy atom. The fourth-order valence-electron chi connectivity index (χ4n) is 1.78. The van der Waals surface area contributed by atoms with E-state index < -0.39 is 6.61 Å². The Morgan fingerprint density at radius 2 is 2.10 bits per heavy atom. The third kappa shape index (κ3) is 3.88. The summed E-state index contributed by atoms with van der Waals surface area (Å²) in [5.74, 6) is 0.458. The Bertz CT molecular complexity index is 601. The van der Waals surface area contributed by atoms with E-state index in [1.165, 1.54) is 6.07 Å². The average Bonchev–Trinajstić information content (AvgIpc) is 3.18. The first kappa shape index (κ1) is 13.7. The Hall–Kier alpha value is -2.22. The van der Waals surface area contributed by atoms with Crippen LogP contribution in [0.1, 0.15) is 18.7 Å². The lowest BCUT2D eigenvalue weighted by Gasteiger charge is -2.09. The van der Waals surface area contributed by atoms with Crippen LogP contribution >= 0.6 is 0 Å². The van der Waals surface area contributed by atoms with Gasteiger partial charge in [-0.3, -0.25) is 0 Å². The van der Waals surface area contributed by atoms with Crippen molar-refractivity contribution in [2.45, 2.75) is 32.0 Å². The zero-order chi connectivity index (χ0) is 14.7. The number of halogens is 2. The van der Waals surface area contributed by atoms with Gasteiger partial charge in [-0.2, -0.15) is 8.78 Å². The summed E-state index contributed by atoms with van der Waals surface area (Å²) in [6, 6.07) is 6.97. The van der Waals surface area contributed by atoms with Crippen molar-refractivity contribution in [3.05, 3.63) is 30.2 Å². The maximum absolute atomic E-state index is 12.3. The van der Waals surface area contributed by atoms with Crippen LogP contribution in [0.3, 0.4) is 0 Å². The maximum atomic E-state index is 12.3. The number of aromatic nitrogens is 2. The highest BCUT2D eigenvalue weighted by Gasteiger charge is 2.21. The van der Waals surface area contributed by atoms with Gasteiger partial charge in [0, 0.05) is 6.04 Å². The summed E-state index contributed by atoms with van der Waals surface area (Å²) in [5.41, 5.74) is 0.336. The molecule has 0 spiro atoms. The summed E-state index contributed by atoms with van der Waals surface area (Å²) in [6.07, 6.45) is 2.33. The van der Waals surface area contributed by atoms with Crippen molar-refractivity contribution in [3.8, 4) is 5.75 Å². The van der Waals surface area contributed by atoms with Crippen molar-refractivity contribution in [2.24, 2.45) is 0 Å². The molecule has 1 aliphatic carbocycles. The molecule has 0 radical (unpaired) electrons. The van der Waals surface area contributed by atoms with Crippen molar-refractivity contribution >= 4 is 11.7 Å². The molecule has 0 bridgehead atoms. The van der Waals surface area contributed by atoms with Gasteiger partial charge in [0.15, 0.2) is 0 Å². The predicted octanol–water partition coefficient (Wildman–Crippen LogP) is 2.67. The summed E-state index contributed by atoms with van der Waals surface area (Å²) >= 11 is 0. The van der Waals surface area contributed by atoms with E-state index in [0.29, 0.717) is 24.2 Å². The van der Waals surface area contributed by atoms with E-state index in [1.807, 2.05) is 0 Å². The van der Waals surface area contributed by atoms with Gasteiger partial charge in [-0.15, -0.1) is 5.10 Å². The number of nitrogens with one attached hydrogen (secondary N) is 2. The van der Waals surface area contributed by atoms with Gasteiger partial charge in [0.1, 0.15) is 5.75 Å². The van der Waals surface area contributed by atoms with Crippen molar-refractivity contribution in [1.82, 2.24) is 15.5 Å². The summed E-state index contributed by atoms with van der Waals surface area (Å²) in [4.78, 5) is 0. The summed E-state index contributed by atoms with van der Waals surface area (Å²) in [7, 11) is 0. The van der Waals surface area contributed by atoms with Crippen LogP contribution in [-0.4, -0.2) is 22.9 Å². The molecule has 21 heavy (non-hydrogen) atoms. The van der Waals surface area contributed by atoms with Crippen LogP contribution in [0.25, 0.3) is 0 Å². The van der Waals surface area contributed by atoms with E-state index in [4.69, 9.17) is 4.42 Å². The molecule has 112 valence electrons. The molecule has 8 heteroatoms. The van der Waals surface area contributed by atoms with E-state index >= 15 is 0 Å². The van der Waals surface area contributed by atoms with Gasteiger partial charge < -0.3 is 19.8 Å². The predicted molar refractivity (Wildman–Crippen MR) is 70.5 cm³/mol. The van der Waals surface area contributed by atoms with Gasteiger partial charge in [0.25, 0.3) is 0 Å². The molecule has 6 nitrogen and oxygen atoms in total. The number of nitrogens with zero attached hydrogens (tertiary/aromatic N) is 2. The maximum Gasteiger partial charge on any atom is 0.387 e. The highest BCUT2D eigenvalue weighted by atomic mass is 19.3. The number of benzene rings is 1. The summed E-state index contributed by atoms with van der Waals surface area (Å²) in [6.45, 7) is -2.40. The van der Waals surface area contributed by atoms with E-state index in [1.54, 1.807) is 18.2 Å². The second-order valence-electron chi connectivity index (χ2n) is 4.66. The molecule has 1 saturated carbocycles. The number of hydrogen-bond acceptors (Lipinski definition) is 6. The first-order valence-corrected chi connectivity index (χ1v) is 6.57. The van der Waals surface area contributed by atoms with Gasteiger partial charge in [0.05, 0.1) is 12.2 Å². The standard InChI is InChI=1S/C13H14F2N4O2/c14-12(15)20-10-4-2-1-3-9(10)17-13-19-18-11(21-13)7-16-8-5-6-8/h1-4,8,12,16H,5-7H2,(H,17,19). The third-order valence-corrected chi connectivity index (χ3v) is 2.93. The Morgan fingerprint density at radius 3 is 2.86 bits per heavy atom. The van der Waals surface area contributed by atoms with Gasteiger partial charge in [0.2, 0.25) is 5.89 Å². The minimum absolute atomic E-state index is 0.0170. The number of alkyl halides is 2. The topological polar surface area (TPSA) is 72.2 Å². The largest absolute Gasteiger partial charge is 0.433 e. The van der Waals surface area contributed by atoms with Gasteiger partial charge in [-0.25, -0.2) is 0 Å². The molecular weight excluding hydrogens is 282 g/mol. The SMILES string of the molecule is FC(F)Oc1ccccc1Nc1nnc(CNC2CC2)o1. The number of anilines is 2. The van der Waals surface area contributed by atoms with Crippen LogP contribution < -0.4 is 15.4 Å². The van der Waals surface area contributed by atoms with Crippen LogP contribution in [0, 0.1) is 0 Å². The zero-order valence-electron chi connectivity index (χ0n) is 11.1. The van der Waals surface area contributed by atoms with Crippen LogP contribution in [0.15, 0.2) is 28.7 Å². The molecule has 2 aromatic rings. The van der Waals surface area contributed by atoms with E-state index in [0.717, 1.165) is 12.8 Å². The molecular formula is C13H14F2N4O2. The normalized spacial score (nSPS) is 14.4. The highest BCUT2D eigenvalue weighted by molar-refractivity contribution is 5.61. The average molecular weight is 296 g/mol. The van der Waals surface area contributed by atoms with Crippen molar-refractivity contribution in [3.63, 3.8) is 0 Å². The molecule has 1 aliphatic rings. The van der Waals surface area contributed by atoms with Crippen molar-refractivity contribution in [2.75, 3.05) is 5.32 Å². The first-order valence-electron chi connectivity index (χ1n) is 6.57. The van der Waals surface area contributed by atoms with E-state index in [2.05, 4.69) is 25.6 Å². The van der Waals surface area contributed by atoms with Crippen LogP contribution in [0.2, 0.25) is 0 Å². The quantitative estimate of drug-likeness (QED) is 0.818. The minimum atomic E-state index is -2.89.